The van der Waals surface area contributed by atoms with E-state index in [0.29, 0.717) is 12.2 Å². The van der Waals surface area contributed by atoms with Gasteiger partial charge >= 0.3 is 11.9 Å². The molecule has 2 saturated heterocycles. The van der Waals surface area contributed by atoms with Gasteiger partial charge in [-0.3, -0.25) is 0 Å². The SMILES string of the molecule is CC12CN(c3ccc(-c4ccccc4)nn3)CC1CCN2.O=C(O)/C=C/C(=O)O. The van der Waals surface area contributed by atoms with E-state index >= 15 is 0 Å². The standard InChI is InChI=1S/C17H20N4.C4H4O4/c1-17-12-21(11-14(17)9-10-18-17)16-8-7-15(19-20-16)13-5-3-2-4-6-13;5-3(6)1-2-4(7)8/h2-8,14,18H,9-12H2,1H3;1-2H,(H,5,6)(H,7,8)/b;2-1+. The number of rotatable bonds is 4. The Bertz CT molecular complexity index is 869. The van der Waals surface area contributed by atoms with Gasteiger partial charge in [-0.15, -0.1) is 10.2 Å². The van der Waals surface area contributed by atoms with Crippen LogP contribution in [-0.4, -0.2) is 57.5 Å². The summed E-state index contributed by atoms with van der Waals surface area (Å²) in [6.45, 7) is 5.59. The second-order valence-electron chi connectivity index (χ2n) is 7.36. The Balaban J connectivity index is 0.000000258. The second-order valence-corrected chi connectivity index (χ2v) is 7.36. The topological polar surface area (TPSA) is 116 Å². The van der Waals surface area contributed by atoms with Crippen LogP contribution in [-0.2, 0) is 9.59 Å². The number of nitrogens with zero attached hydrogens (tertiary/aromatic N) is 3. The first-order valence-corrected chi connectivity index (χ1v) is 9.40. The van der Waals surface area contributed by atoms with Crippen LogP contribution in [0.1, 0.15) is 13.3 Å². The van der Waals surface area contributed by atoms with Crippen LogP contribution in [0, 0.1) is 5.92 Å². The predicted molar refractivity (Wildman–Crippen MR) is 109 cm³/mol. The molecular weight excluding hydrogens is 372 g/mol. The molecule has 2 aromatic rings. The molecule has 2 unspecified atom stereocenters. The third kappa shape index (κ3) is 5.17. The Labute approximate surface area is 168 Å². The minimum atomic E-state index is -1.26. The zero-order chi connectivity index (χ0) is 20.9. The largest absolute Gasteiger partial charge is 0.478 e. The normalized spacial score (nSPS) is 22.8. The van der Waals surface area contributed by atoms with Crippen LogP contribution in [0.3, 0.4) is 0 Å². The summed E-state index contributed by atoms with van der Waals surface area (Å²) in [6, 6.07) is 14.4. The summed E-state index contributed by atoms with van der Waals surface area (Å²) >= 11 is 0. The first-order chi connectivity index (χ1) is 13.9. The molecule has 0 aliphatic carbocycles. The van der Waals surface area contributed by atoms with Crippen LogP contribution in [0.4, 0.5) is 5.82 Å². The molecule has 3 N–H and O–H groups in total. The van der Waals surface area contributed by atoms with Gasteiger partial charge < -0.3 is 20.4 Å². The predicted octanol–water partition coefficient (Wildman–Crippen LogP) is 2.04. The molecule has 1 aromatic carbocycles. The smallest absolute Gasteiger partial charge is 0.328 e. The molecule has 0 radical (unpaired) electrons. The van der Waals surface area contributed by atoms with Crippen LogP contribution < -0.4 is 10.2 Å². The van der Waals surface area contributed by atoms with Crippen molar-refractivity contribution in [1.29, 1.82) is 0 Å². The highest BCUT2D eigenvalue weighted by Gasteiger charge is 2.46. The lowest BCUT2D eigenvalue weighted by atomic mass is 9.91. The van der Waals surface area contributed by atoms with Gasteiger partial charge in [0.2, 0.25) is 0 Å². The van der Waals surface area contributed by atoms with E-state index in [0.717, 1.165) is 42.6 Å². The fourth-order valence-electron chi connectivity index (χ4n) is 3.77. The maximum atomic E-state index is 9.55. The summed E-state index contributed by atoms with van der Waals surface area (Å²) in [7, 11) is 0. The van der Waals surface area contributed by atoms with Crippen molar-refractivity contribution < 1.29 is 19.8 Å². The molecule has 29 heavy (non-hydrogen) atoms. The van der Waals surface area contributed by atoms with Crippen LogP contribution >= 0.6 is 0 Å². The maximum Gasteiger partial charge on any atom is 0.328 e. The lowest BCUT2D eigenvalue weighted by Crippen LogP contribution is -2.43. The molecule has 8 heteroatoms. The lowest BCUT2D eigenvalue weighted by molar-refractivity contribution is -0.134. The summed E-state index contributed by atoms with van der Waals surface area (Å²) in [6.07, 6.45) is 2.38. The second kappa shape index (κ2) is 8.83. The summed E-state index contributed by atoms with van der Waals surface area (Å²) in [5.41, 5.74) is 2.30. The molecule has 8 nitrogen and oxygen atoms in total. The van der Waals surface area contributed by atoms with Gasteiger partial charge in [-0.2, -0.15) is 0 Å². The van der Waals surface area contributed by atoms with Crippen molar-refractivity contribution in [2.24, 2.45) is 5.92 Å². The van der Waals surface area contributed by atoms with Crippen molar-refractivity contribution in [3.05, 3.63) is 54.6 Å². The number of anilines is 1. The summed E-state index contributed by atoms with van der Waals surface area (Å²) in [4.78, 5) is 21.5. The van der Waals surface area contributed by atoms with E-state index in [1.165, 1.54) is 6.42 Å². The highest BCUT2D eigenvalue weighted by molar-refractivity contribution is 5.89. The minimum Gasteiger partial charge on any atom is -0.478 e. The molecule has 1 aromatic heterocycles. The first-order valence-electron chi connectivity index (χ1n) is 9.40. The molecule has 2 aliphatic heterocycles. The molecule has 0 spiro atoms. The summed E-state index contributed by atoms with van der Waals surface area (Å²) in [5, 5.41) is 28.1. The number of benzene rings is 1. The van der Waals surface area contributed by atoms with Crippen molar-refractivity contribution in [3.63, 3.8) is 0 Å². The number of carboxylic acids is 2. The average molecular weight is 396 g/mol. The van der Waals surface area contributed by atoms with E-state index in [2.05, 4.69) is 51.6 Å². The lowest BCUT2D eigenvalue weighted by Gasteiger charge is -2.24. The number of aromatic nitrogens is 2. The molecular formula is C21H24N4O4. The number of hydrogen-bond acceptors (Lipinski definition) is 6. The zero-order valence-corrected chi connectivity index (χ0v) is 16.2. The van der Waals surface area contributed by atoms with Gasteiger partial charge in [0.15, 0.2) is 5.82 Å². The van der Waals surface area contributed by atoms with Gasteiger partial charge in [-0.05, 0) is 37.9 Å². The van der Waals surface area contributed by atoms with Gasteiger partial charge in [0.05, 0.1) is 5.69 Å². The van der Waals surface area contributed by atoms with Crippen LogP contribution in [0.15, 0.2) is 54.6 Å². The first kappa shape index (κ1) is 20.5. The third-order valence-electron chi connectivity index (χ3n) is 5.30. The maximum absolute atomic E-state index is 9.55. The van der Waals surface area contributed by atoms with Gasteiger partial charge in [0.1, 0.15) is 0 Å². The van der Waals surface area contributed by atoms with Gasteiger partial charge in [0, 0.05) is 36.3 Å². The van der Waals surface area contributed by atoms with E-state index in [-0.39, 0.29) is 5.54 Å². The van der Waals surface area contributed by atoms with Crippen LogP contribution in [0.2, 0.25) is 0 Å². The average Bonchev–Trinajstić information content (AvgIpc) is 3.22. The zero-order valence-electron chi connectivity index (χ0n) is 16.2. The number of carbonyl (C=O) groups is 2. The molecule has 0 saturated carbocycles. The molecule has 2 atom stereocenters. The number of nitrogens with one attached hydrogen (secondary N) is 1. The Morgan fingerprint density at radius 3 is 2.34 bits per heavy atom. The van der Waals surface area contributed by atoms with E-state index < -0.39 is 11.9 Å². The van der Waals surface area contributed by atoms with Gasteiger partial charge in [-0.25, -0.2) is 9.59 Å². The summed E-state index contributed by atoms with van der Waals surface area (Å²) in [5.74, 6) is -0.792. The quantitative estimate of drug-likeness (QED) is 0.673. The van der Waals surface area contributed by atoms with E-state index in [1.54, 1.807) is 0 Å². The molecule has 152 valence electrons. The van der Waals surface area contributed by atoms with Gasteiger partial charge in [0.25, 0.3) is 0 Å². The molecule has 4 rings (SSSR count). The number of aliphatic carboxylic acids is 2. The molecule has 2 aliphatic rings. The molecule has 0 bridgehead atoms. The highest BCUT2D eigenvalue weighted by Crippen LogP contribution is 2.36. The number of fused-ring (bicyclic) bond motifs is 1. The number of carboxylic acid groups (broad SMARTS) is 2. The highest BCUT2D eigenvalue weighted by atomic mass is 16.4. The molecule has 0 amide bonds. The monoisotopic (exact) mass is 396 g/mol. The van der Waals surface area contributed by atoms with Crippen LogP contribution in [0.5, 0.6) is 0 Å². The fourth-order valence-corrected chi connectivity index (χ4v) is 3.77. The fraction of sp³-hybridized carbons (Fsp3) is 0.333. The Kier molecular flexibility index (Phi) is 6.23. The van der Waals surface area contributed by atoms with Crippen molar-refractivity contribution in [2.45, 2.75) is 18.9 Å². The third-order valence-corrected chi connectivity index (χ3v) is 5.30. The van der Waals surface area contributed by atoms with Crippen molar-refractivity contribution in [3.8, 4) is 11.3 Å². The van der Waals surface area contributed by atoms with Crippen LogP contribution in [0.25, 0.3) is 11.3 Å². The molecule has 2 fully saturated rings. The minimum absolute atomic E-state index is 0.250. The van der Waals surface area contributed by atoms with Crippen molar-refractivity contribution in [1.82, 2.24) is 15.5 Å². The van der Waals surface area contributed by atoms with Crippen molar-refractivity contribution in [2.75, 3.05) is 24.5 Å². The Morgan fingerprint density at radius 1 is 1.10 bits per heavy atom. The van der Waals surface area contributed by atoms with Crippen molar-refractivity contribution >= 4 is 17.8 Å². The Morgan fingerprint density at radius 2 is 1.79 bits per heavy atom. The van der Waals surface area contributed by atoms with E-state index in [9.17, 15) is 9.59 Å². The Hall–Kier alpha value is -3.26. The number of hydrogen-bond donors (Lipinski definition) is 3. The van der Waals surface area contributed by atoms with Gasteiger partial charge in [-0.1, -0.05) is 30.3 Å². The molecule has 3 heterocycles. The van der Waals surface area contributed by atoms with E-state index in [4.69, 9.17) is 10.2 Å². The van der Waals surface area contributed by atoms with E-state index in [1.807, 2.05) is 18.2 Å². The summed E-state index contributed by atoms with van der Waals surface area (Å²) < 4.78 is 0.